The van der Waals surface area contributed by atoms with Gasteiger partial charge in [-0.05, 0) is 387 Å². The molecule has 0 saturated heterocycles. The molecule has 3 spiro atoms. The first kappa shape index (κ1) is 79.1. The van der Waals surface area contributed by atoms with Crippen molar-refractivity contribution in [3.63, 3.8) is 0 Å². The molecular weight excluding hydrogens is 1180 g/mol. The van der Waals surface area contributed by atoms with Gasteiger partial charge in [-0.15, -0.1) is 0 Å². The molecule has 0 aromatic rings. The predicted octanol–water partition coefficient (Wildman–Crippen LogP) is 32.1. The van der Waals surface area contributed by atoms with Crippen molar-refractivity contribution in [1.29, 1.82) is 0 Å². The summed E-state index contributed by atoms with van der Waals surface area (Å²) in [4.78, 5) is 0. The third-order valence-electron chi connectivity index (χ3n) is 35.7. The molecule has 570 valence electrons. The summed E-state index contributed by atoms with van der Waals surface area (Å²) >= 11 is 0. The summed E-state index contributed by atoms with van der Waals surface area (Å²) in [7, 11) is 0. The van der Waals surface area contributed by atoms with Gasteiger partial charge in [0.1, 0.15) is 0 Å². The molecule has 0 heteroatoms. The van der Waals surface area contributed by atoms with Crippen molar-refractivity contribution in [3.8, 4) is 0 Å². The zero-order valence-electron chi connectivity index (χ0n) is 70.9. The van der Waals surface area contributed by atoms with Crippen LogP contribution in [0.25, 0.3) is 0 Å². The number of fused-ring (bicyclic) bond motifs is 6. The minimum absolute atomic E-state index is 0.250. The van der Waals surface area contributed by atoms with Gasteiger partial charge in [-0.1, -0.05) is 233 Å². The van der Waals surface area contributed by atoms with E-state index in [1.165, 1.54) is 199 Å². The van der Waals surface area contributed by atoms with E-state index in [0.717, 1.165) is 140 Å². The van der Waals surface area contributed by atoms with Crippen molar-refractivity contribution in [3.05, 3.63) is 0 Å². The minimum atomic E-state index is -0.250. The molecule has 0 radical (unpaired) electrons. The Bertz CT molecular complexity index is 2140. The Hall–Kier alpha value is 0. The highest BCUT2D eigenvalue weighted by Crippen LogP contribution is 2.63. The molecule has 0 N–H and O–H groups in total. The Morgan fingerprint density at radius 3 is 0.918 bits per heavy atom. The summed E-state index contributed by atoms with van der Waals surface area (Å²) in [5.74, 6) is 20.3. The Morgan fingerprint density at radius 1 is 0.306 bits per heavy atom. The zero-order chi connectivity index (χ0) is 70.9. The third-order valence-corrected chi connectivity index (χ3v) is 35.7. The average Bonchev–Trinajstić information content (AvgIpc) is 1.68. The SMILES string of the molecule is CC12CC3CC(CC(C3)C1)C2.CC1C2CCC(CC2)[C@H]1C.CC1CCC(C2CCCCC2)CC1.CC1CCC2(CC1)CCC(C)(C)CC2.CC1CCC2(CCCC2)CC1.CC1CCC2(CCCCC2)CC1.CCC12CC3CC(CC(C3)C1)C2.C[C@@H]1C2CCC(CC2)C1(C)C.[2H]C(C)(C)C. The van der Waals surface area contributed by atoms with Crippen LogP contribution >= 0.6 is 0 Å². The molecule has 12 bridgehead atoms. The molecule has 3 atom stereocenters. The van der Waals surface area contributed by atoms with Gasteiger partial charge in [-0.25, -0.2) is 0 Å². The maximum atomic E-state index is 6.94. The van der Waals surface area contributed by atoms with Gasteiger partial charge in [0.05, 0.1) is 0 Å². The van der Waals surface area contributed by atoms with Crippen LogP contribution in [0.5, 0.6) is 0 Å². The third kappa shape index (κ3) is 22.6. The fourth-order valence-corrected chi connectivity index (χ4v) is 28.5. The van der Waals surface area contributed by atoms with Crippen LogP contribution in [0.4, 0.5) is 0 Å². The average molecular weight is 1360 g/mol. The summed E-state index contributed by atoms with van der Waals surface area (Å²) in [6, 6.07) is 0. The minimum Gasteiger partial charge on any atom is -0.0649 e. The first-order valence-corrected chi connectivity index (χ1v) is 46.4. The van der Waals surface area contributed by atoms with Crippen LogP contribution in [0.1, 0.15) is 465 Å². The van der Waals surface area contributed by atoms with Crippen LogP contribution < -0.4 is 0 Å². The quantitative estimate of drug-likeness (QED) is 0.259. The molecule has 22 aliphatic carbocycles. The van der Waals surface area contributed by atoms with Crippen molar-refractivity contribution in [2.75, 3.05) is 0 Å². The lowest BCUT2D eigenvalue weighted by atomic mass is 9.49. The van der Waals surface area contributed by atoms with Crippen molar-refractivity contribution in [2.45, 2.75) is 464 Å². The molecule has 0 heterocycles. The lowest BCUT2D eigenvalue weighted by Crippen LogP contribution is -2.45. The lowest BCUT2D eigenvalue weighted by Gasteiger charge is -2.56. The Balaban J connectivity index is 0.000000121. The Kier molecular flexibility index (Phi) is 29.3. The van der Waals surface area contributed by atoms with Crippen molar-refractivity contribution < 1.29 is 1.37 Å². The number of hydrogen-bond acceptors (Lipinski definition) is 0. The molecule has 98 heavy (non-hydrogen) atoms. The molecule has 0 amide bonds. The highest BCUT2D eigenvalue weighted by Gasteiger charge is 2.51. The molecular formula is C98H178. The molecule has 22 aliphatic rings. The first-order chi connectivity index (χ1) is 46.9. The van der Waals surface area contributed by atoms with Crippen LogP contribution in [0.3, 0.4) is 0 Å². The van der Waals surface area contributed by atoms with Crippen LogP contribution in [-0.4, -0.2) is 0 Å². The standard InChI is InChI=1S/C14H26.C13H24.C12H20.C12H22.C11H18.2C11H20.C10H18.C4H10/c1-12-4-6-14(7-5-12)10-8-13(2,3)9-11-14;1-11-7-9-13(10-8-11)12-5-3-2-4-6-12;1-2-12-6-9-3-10(7-12)5-11(4-9)8-12;1-11-5-9-12(10-6-11)7-3-2-4-8-12;1-11-5-8-2-9(6-11)4-10(3-8)7-11;1-8-9-4-6-10(7-5-9)11(8,2)3;1-10-4-8-11(9-5-10)6-2-3-7-11;1-7-8(2)10-5-3-9(7)4-6-10;1-4(2)3/h12H,4-11H2,1-3H3;11-13H,2-10H2,1H3;9-11H,2-8H2,1H3;11H,2-10H2,1H3;8-10H,2-7H2,1H3;8-10H,4-7H2,1-3H3;10H,2-9H2,1H3;7-10H,3-6H2,1-2H3;4H,1-3H3/t;;;;;8-,9?,10?;;7-,8?,9?,10?;/m.....1.0./s1/i;;;;;;;;4D. The summed E-state index contributed by atoms with van der Waals surface area (Å²) in [5, 5.41) is 0. The smallest absolute Gasteiger partial charge is 0.0294 e. The molecule has 22 rings (SSSR count). The first-order valence-electron chi connectivity index (χ1n) is 46.9. The maximum Gasteiger partial charge on any atom is 0.0294 e. The van der Waals surface area contributed by atoms with Crippen LogP contribution in [0.2, 0.25) is 0 Å². The fourth-order valence-electron chi connectivity index (χ4n) is 28.5. The van der Waals surface area contributed by atoms with E-state index in [-0.39, 0.29) is 5.89 Å². The topological polar surface area (TPSA) is 0 Å². The summed E-state index contributed by atoms with van der Waals surface area (Å²) in [6.07, 6.45) is 84.7. The molecule has 22 saturated carbocycles. The normalized spacial score (nSPS) is 42.5. The monoisotopic (exact) mass is 1360 g/mol. The van der Waals surface area contributed by atoms with E-state index in [2.05, 4.69) is 90.0 Å². The number of hydrogen-bond donors (Lipinski definition) is 0. The summed E-state index contributed by atoms with van der Waals surface area (Å²) in [5.41, 5.74) is 5.43. The van der Waals surface area contributed by atoms with E-state index in [1.807, 2.05) is 20.8 Å². The summed E-state index contributed by atoms with van der Waals surface area (Å²) in [6.45, 7) is 37.5. The van der Waals surface area contributed by atoms with Gasteiger partial charge >= 0.3 is 0 Å². The van der Waals surface area contributed by atoms with Gasteiger partial charge in [0.25, 0.3) is 0 Å². The van der Waals surface area contributed by atoms with E-state index in [9.17, 15) is 0 Å². The second kappa shape index (κ2) is 36.3. The summed E-state index contributed by atoms with van der Waals surface area (Å²) < 4.78 is 6.94. The predicted molar refractivity (Wildman–Crippen MR) is 432 cm³/mol. The second-order valence-electron chi connectivity index (χ2n) is 45.0. The zero-order valence-corrected chi connectivity index (χ0v) is 69.9. The van der Waals surface area contributed by atoms with Gasteiger partial charge in [0, 0.05) is 1.37 Å². The van der Waals surface area contributed by atoms with E-state index in [4.69, 9.17) is 1.37 Å². The van der Waals surface area contributed by atoms with Crippen LogP contribution in [0.15, 0.2) is 0 Å². The molecule has 1 unspecified atom stereocenters. The molecule has 0 aromatic carbocycles. The maximum absolute atomic E-state index is 6.94. The lowest BCUT2D eigenvalue weighted by molar-refractivity contribution is -0.0545. The molecule has 0 nitrogen and oxygen atoms in total. The fraction of sp³-hybridized carbons (Fsp3) is 1.00. The highest BCUT2D eigenvalue weighted by molar-refractivity contribution is 5.02. The highest BCUT2D eigenvalue weighted by atomic mass is 14.6. The van der Waals surface area contributed by atoms with Crippen molar-refractivity contribution in [2.24, 2.45) is 156 Å². The van der Waals surface area contributed by atoms with E-state index >= 15 is 0 Å². The van der Waals surface area contributed by atoms with Crippen LogP contribution in [0, 0.1) is 156 Å². The van der Waals surface area contributed by atoms with Crippen molar-refractivity contribution in [1.82, 2.24) is 0 Å². The Morgan fingerprint density at radius 2 is 0.602 bits per heavy atom. The molecule has 0 aromatic heterocycles. The van der Waals surface area contributed by atoms with Gasteiger partial charge in [0.15, 0.2) is 0 Å². The van der Waals surface area contributed by atoms with Crippen molar-refractivity contribution >= 4 is 0 Å². The van der Waals surface area contributed by atoms with E-state index < -0.39 is 0 Å². The molecule has 0 aliphatic heterocycles. The largest absolute Gasteiger partial charge is 0.0649 e. The Labute approximate surface area is 617 Å². The van der Waals surface area contributed by atoms with Gasteiger partial charge in [-0.2, -0.15) is 0 Å². The van der Waals surface area contributed by atoms with E-state index in [1.54, 1.807) is 154 Å². The molecule has 22 fully saturated rings. The van der Waals surface area contributed by atoms with Gasteiger partial charge in [-0.3, -0.25) is 0 Å². The van der Waals surface area contributed by atoms with E-state index in [0.29, 0.717) is 10.8 Å². The second-order valence-corrected chi connectivity index (χ2v) is 45.0. The van der Waals surface area contributed by atoms with Gasteiger partial charge < -0.3 is 0 Å². The van der Waals surface area contributed by atoms with Gasteiger partial charge in [0.2, 0.25) is 0 Å². The van der Waals surface area contributed by atoms with Crippen LogP contribution in [-0.2, 0) is 0 Å². The number of rotatable bonds is 2.